The average Bonchev–Trinajstić information content (AvgIpc) is 2.48. The fraction of sp³-hybridized carbons (Fsp3) is 0.333. The molecule has 0 aliphatic carbocycles. The first kappa shape index (κ1) is 15.4. The molecule has 0 radical (unpaired) electrons. The van der Waals surface area contributed by atoms with E-state index in [-0.39, 0.29) is 6.04 Å². The van der Waals surface area contributed by atoms with Gasteiger partial charge in [-0.1, -0.05) is 30.3 Å². The van der Waals surface area contributed by atoms with Crippen LogP contribution in [0.1, 0.15) is 30.5 Å². The second kappa shape index (κ2) is 7.70. The zero-order valence-electron chi connectivity index (χ0n) is 12.7. The lowest BCUT2D eigenvalue weighted by Gasteiger charge is -2.15. The summed E-state index contributed by atoms with van der Waals surface area (Å²) in [4.78, 5) is 0. The maximum absolute atomic E-state index is 5.97. The number of hydrogen-bond acceptors (Lipinski definition) is 3. The molecule has 0 fully saturated rings. The first-order valence-electron chi connectivity index (χ1n) is 7.33. The van der Waals surface area contributed by atoms with Gasteiger partial charge < -0.3 is 15.2 Å². The van der Waals surface area contributed by atoms with Gasteiger partial charge in [-0.3, -0.25) is 0 Å². The monoisotopic (exact) mass is 285 g/mol. The Labute approximate surface area is 126 Å². The van der Waals surface area contributed by atoms with Crippen LogP contribution >= 0.6 is 0 Å². The topological polar surface area (TPSA) is 44.5 Å². The van der Waals surface area contributed by atoms with E-state index in [1.807, 2.05) is 49.4 Å². The molecule has 1 atom stereocenters. The molecule has 0 aliphatic heterocycles. The van der Waals surface area contributed by atoms with E-state index in [1.54, 1.807) is 0 Å². The molecule has 0 spiro atoms. The molecule has 0 aromatic heterocycles. The van der Waals surface area contributed by atoms with Crippen LogP contribution in [0.4, 0.5) is 0 Å². The third kappa shape index (κ3) is 4.80. The summed E-state index contributed by atoms with van der Waals surface area (Å²) < 4.78 is 11.5. The Kier molecular flexibility index (Phi) is 5.64. The van der Waals surface area contributed by atoms with Crippen molar-refractivity contribution in [2.24, 2.45) is 5.73 Å². The molecule has 2 N–H and O–H groups in total. The van der Waals surface area contributed by atoms with Crippen LogP contribution in [-0.4, -0.2) is 13.2 Å². The largest absolute Gasteiger partial charge is 0.493 e. The van der Waals surface area contributed by atoms with Gasteiger partial charge in [-0.05, 0) is 37.6 Å². The van der Waals surface area contributed by atoms with Gasteiger partial charge in [0, 0.05) is 18.0 Å². The van der Waals surface area contributed by atoms with Crippen molar-refractivity contribution >= 4 is 0 Å². The van der Waals surface area contributed by atoms with Gasteiger partial charge in [-0.25, -0.2) is 0 Å². The van der Waals surface area contributed by atoms with Crippen LogP contribution in [0, 0.1) is 6.92 Å². The van der Waals surface area contributed by atoms with E-state index >= 15 is 0 Å². The first-order chi connectivity index (χ1) is 10.2. The van der Waals surface area contributed by atoms with Gasteiger partial charge in [0.15, 0.2) is 0 Å². The molecule has 0 heterocycles. The highest BCUT2D eigenvalue weighted by Gasteiger charge is 2.08. The molecule has 0 amide bonds. The standard InChI is InChI=1S/C18H23NO2/c1-14-9-10-17(15(2)19)18(13-14)21-12-6-11-20-16-7-4-3-5-8-16/h3-5,7-10,13,15H,6,11-12,19H2,1-2H3/t15-/m0/s1. The van der Waals surface area contributed by atoms with Gasteiger partial charge in [0.25, 0.3) is 0 Å². The summed E-state index contributed by atoms with van der Waals surface area (Å²) in [5.41, 5.74) is 8.19. The maximum atomic E-state index is 5.97. The second-order valence-corrected chi connectivity index (χ2v) is 5.19. The predicted molar refractivity (Wildman–Crippen MR) is 85.8 cm³/mol. The molecule has 3 heteroatoms. The number of nitrogens with two attached hydrogens (primary N) is 1. The SMILES string of the molecule is Cc1ccc([C@H](C)N)c(OCCCOc2ccccc2)c1. The number of para-hydroxylation sites is 1. The van der Waals surface area contributed by atoms with Crippen LogP contribution < -0.4 is 15.2 Å². The summed E-state index contributed by atoms with van der Waals surface area (Å²) in [5.74, 6) is 1.77. The zero-order valence-corrected chi connectivity index (χ0v) is 12.7. The summed E-state index contributed by atoms with van der Waals surface area (Å²) in [6.07, 6.45) is 0.835. The van der Waals surface area contributed by atoms with Crippen molar-refractivity contribution in [3.8, 4) is 11.5 Å². The van der Waals surface area contributed by atoms with Crippen molar-refractivity contribution in [2.75, 3.05) is 13.2 Å². The minimum atomic E-state index is -0.0267. The molecule has 2 rings (SSSR count). The normalized spacial score (nSPS) is 12.0. The molecule has 21 heavy (non-hydrogen) atoms. The summed E-state index contributed by atoms with van der Waals surface area (Å²) in [5, 5.41) is 0. The Balaban J connectivity index is 1.79. The van der Waals surface area contributed by atoms with E-state index in [9.17, 15) is 0 Å². The molecule has 0 unspecified atom stereocenters. The van der Waals surface area contributed by atoms with Crippen LogP contribution in [0.3, 0.4) is 0 Å². The van der Waals surface area contributed by atoms with Gasteiger partial charge in [0.2, 0.25) is 0 Å². The van der Waals surface area contributed by atoms with E-state index in [1.165, 1.54) is 5.56 Å². The third-order valence-electron chi connectivity index (χ3n) is 3.22. The van der Waals surface area contributed by atoms with E-state index in [0.29, 0.717) is 13.2 Å². The summed E-state index contributed by atoms with van der Waals surface area (Å²) in [7, 11) is 0. The maximum Gasteiger partial charge on any atom is 0.124 e. The number of ether oxygens (including phenoxy) is 2. The van der Waals surface area contributed by atoms with Crippen LogP contribution in [0.25, 0.3) is 0 Å². The van der Waals surface area contributed by atoms with Crippen LogP contribution in [-0.2, 0) is 0 Å². The van der Waals surface area contributed by atoms with Crippen molar-refractivity contribution in [3.63, 3.8) is 0 Å². The van der Waals surface area contributed by atoms with E-state index < -0.39 is 0 Å². The van der Waals surface area contributed by atoms with Crippen molar-refractivity contribution in [3.05, 3.63) is 59.7 Å². The highest BCUT2D eigenvalue weighted by Crippen LogP contribution is 2.25. The van der Waals surface area contributed by atoms with Crippen molar-refractivity contribution in [1.29, 1.82) is 0 Å². The van der Waals surface area contributed by atoms with E-state index in [0.717, 1.165) is 23.5 Å². The highest BCUT2D eigenvalue weighted by atomic mass is 16.5. The number of aryl methyl sites for hydroxylation is 1. The molecule has 3 nitrogen and oxygen atoms in total. The lowest BCUT2D eigenvalue weighted by molar-refractivity contribution is 0.245. The van der Waals surface area contributed by atoms with E-state index in [2.05, 4.69) is 13.0 Å². The minimum Gasteiger partial charge on any atom is -0.493 e. The molecule has 0 aliphatic rings. The minimum absolute atomic E-state index is 0.0267. The molecular weight excluding hydrogens is 262 g/mol. The summed E-state index contributed by atoms with van der Waals surface area (Å²) >= 11 is 0. The second-order valence-electron chi connectivity index (χ2n) is 5.19. The Morgan fingerprint density at radius 1 is 1.00 bits per heavy atom. The lowest BCUT2D eigenvalue weighted by Crippen LogP contribution is -2.10. The van der Waals surface area contributed by atoms with Gasteiger partial charge in [0.05, 0.1) is 13.2 Å². The van der Waals surface area contributed by atoms with Crippen LogP contribution in [0.2, 0.25) is 0 Å². The molecule has 0 saturated carbocycles. The molecular formula is C18H23NO2. The lowest BCUT2D eigenvalue weighted by atomic mass is 10.1. The number of rotatable bonds is 7. The van der Waals surface area contributed by atoms with Crippen molar-refractivity contribution in [1.82, 2.24) is 0 Å². The zero-order chi connectivity index (χ0) is 15.1. The number of hydrogen-bond donors (Lipinski definition) is 1. The molecule has 2 aromatic carbocycles. The predicted octanol–water partition coefficient (Wildman–Crippen LogP) is 3.86. The fourth-order valence-corrected chi connectivity index (χ4v) is 2.09. The Morgan fingerprint density at radius 3 is 2.43 bits per heavy atom. The van der Waals surface area contributed by atoms with Crippen LogP contribution in [0.15, 0.2) is 48.5 Å². The van der Waals surface area contributed by atoms with E-state index in [4.69, 9.17) is 15.2 Å². The van der Waals surface area contributed by atoms with Gasteiger partial charge in [-0.15, -0.1) is 0 Å². The summed E-state index contributed by atoms with van der Waals surface area (Å²) in [6, 6.07) is 15.9. The Morgan fingerprint density at radius 2 is 1.71 bits per heavy atom. The highest BCUT2D eigenvalue weighted by molar-refractivity contribution is 5.38. The third-order valence-corrected chi connectivity index (χ3v) is 3.22. The average molecular weight is 285 g/mol. The number of benzene rings is 2. The van der Waals surface area contributed by atoms with Gasteiger partial charge in [0.1, 0.15) is 11.5 Å². The van der Waals surface area contributed by atoms with Gasteiger partial charge in [-0.2, -0.15) is 0 Å². The first-order valence-corrected chi connectivity index (χ1v) is 7.33. The van der Waals surface area contributed by atoms with Crippen LogP contribution in [0.5, 0.6) is 11.5 Å². The molecule has 112 valence electrons. The van der Waals surface area contributed by atoms with Gasteiger partial charge >= 0.3 is 0 Å². The molecule has 0 saturated heterocycles. The van der Waals surface area contributed by atoms with Crippen molar-refractivity contribution in [2.45, 2.75) is 26.3 Å². The molecule has 0 bridgehead atoms. The quantitative estimate of drug-likeness (QED) is 0.786. The molecule has 2 aromatic rings. The smallest absolute Gasteiger partial charge is 0.124 e. The Hall–Kier alpha value is -2.00. The fourth-order valence-electron chi connectivity index (χ4n) is 2.09. The Bertz CT molecular complexity index is 552. The van der Waals surface area contributed by atoms with Crippen molar-refractivity contribution < 1.29 is 9.47 Å². The summed E-state index contributed by atoms with van der Waals surface area (Å²) in [6.45, 7) is 5.28.